The minimum atomic E-state index is -0.358. The zero-order chi connectivity index (χ0) is 15.6. The summed E-state index contributed by atoms with van der Waals surface area (Å²) in [5, 5.41) is 12.6. The molecule has 1 aliphatic rings. The SMILES string of the molecule is CCSc1nnc2c(n1)O[C@H](c1ccc[nH]1)Nc1ccccc1-2. The van der Waals surface area contributed by atoms with Crippen molar-refractivity contribution in [3.63, 3.8) is 0 Å². The van der Waals surface area contributed by atoms with E-state index >= 15 is 0 Å². The minimum Gasteiger partial charge on any atom is -0.446 e. The zero-order valence-corrected chi connectivity index (χ0v) is 13.3. The fourth-order valence-corrected chi connectivity index (χ4v) is 2.99. The van der Waals surface area contributed by atoms with Crippen molar-refractivity contribution in [3.05, 3.63) is 48.3 Å². The quantitative estimate of drug-likeness (QED) is 0.718. The van der Waals surface area contributed by atoms with Crippen LogP contribution in [-0.4, -0.2) is 25.9 Å². The molecule has 3 aromatic rings. The Hall–Kier alpha value is -2.54. The summed E-state index contributed by atoms with van der Waals surface area (Å²) >= 11 is 1.54. The maximum Gasteiger partial charge on any atom is 0.247 e. The van der Waals surface area contributed by atoms with Crippen LogP contribution < -0.4 is 10.1 Å². The lowest BCUT2D eigenvalue weighted by molar-refractivity contribution is 0.221. The standard InChI is InChI=1S/C16H15N5OS/c1-2-23-16-19-15-13(20-21-16)10-6-3-4-7-11(10)18-14(22-15)12-8-5-9-17-12/h3-9,14,17-18H,2H2,1H3/t14-/m1/s1. The van der Waals surface area contributed by atoms with E-state index in [9.17, 15) is 0 Å². The van der Waals surface area contributed by atoms with Crippen LogP contribution in [0.2, 0.25) is 0 Å². The number of fused-ring (bicyclic) bond motifs is 3. The highest BCUT2D eigenvalue weighted by Crippen LogP contribution is 2.39. The van der Waals surface area contributed by atoms with E-state index < -0.39 is 0 Å². The molecule has 6 nitrogen and oxygen atoms in total. The predicted octanol–water partition coefficient (Wildman–Crippen LogP) is 3.48. The number of anilines is 1. The molecule has 1 atom stereocenters. The van der Waals surface area contributed by atoms with Crippen molar-refractivity contribution < 1.29 is 4.74 Å². The third-order valence-electron chi connectivity index (χ3n) is 3.51. The van der Waals surface area contributed by atoms with E-state index in [2.05, 4.69) is 32.4 Å². The number of hydrogen-bond donors (Lipinski definition) is 2. The predicted molar refractivity (Wildman–Crippen MR) is 89.4 cm³/mol. The maximum atomic E-state index is 6.10. The van der Waals surface area contributed by atoms with Crippen molar-refractivity contribution in [3.8, 4) is 17.1 Å². The lowest BCUT2D eigenvalue weighted by atomic mass is 10.1. The number of nitrogens with one attached hydrogen (secondary N) is 2. The molecule has 0 spiro atoms. The Balaban J connectivity index is 1.84. The molecule has 0 radical (unpaired) electrons. The molecule has 3 heterocycles. The van der Waals surface area contributed by atoms with E-state index in [1.54, 1.807) is 11.8 Å². The lowest BCUT2D eigenvalue weighted by Gasteiger charge is -2.17. The Morgan fingerprint density at radius 1 is 1.17 bits per heavy atom. The second kappa shape index (κ2) is 5.92. The summed E-state index contributed by atoms with van der Waals surface area (Å²) in [6.45, 7) is 2.05. The van der Waals surface area contributed by atoms with Gasteiger partial charge in [-0.3, -0.25) is 0 Å². The molecular formula is C16H15N5OS. The Morgan fingerprint density at radius 3 is 2.91 bits per heavy atom. The van der Waals surface area contributed by atoms with Crippen LogP contribution in [0.4, 0.5) is 5.69 Å². The van der Waals surface area contributed by atoms with E-state index in [0.29, 0.717) is 16.7 Å². The van der Waals surface area contributed by atoms with Crippen LogP contribution in [0.15, 0.2) is 47.8 Å². The van der Waals surface area contributed by atoms with Crippen LogP contribution in [0.1, 0.15) is 18.8 Å². The van der Waals surface area contributed by atoms with Gasteiger partial charge in [-0.2, -0.15) is 4.98 Å². The largest absolute Gasteiger partial charge is 0.446 e. The van der Waals surface area contributed by atoms with Gasteiger partial charge in [0.05, 0.1) is 5.69 Å². The van der Waals surface area contributed by atoms with Crippen LogP contribution in [0.5, 0.6) is 5.88 Å². The van der Waals surface area contributed by atoms with Crippen molar-refractivity contribution in [1.29, 1.82) is 0 Å². The summed E-state index contributed by atoms with van der Waals surface area (Å²) in [6.07, 6.45) is 1.51. The highest BCUT2D eigenvalue weighted by molar-refractivity contribution is 7.99. The van der Waals surface area contributed by atoms with E-state index in [1.807, 2.05) is 42.6 Å². The summed E-state index contributed by atoms with van der Waals surface area (Å²) in [6, 6.07) is 11.8. The average Bonchev–Trinajstić information content (AvgIpc) is 3.05. The topological polar surface area (TPSA) is 75.7 Å². The van der Waals surface area contributed by atoms with Crippen molar-refractivity contribution in [2.45, 2.75) is 18.3 Å². The second-order valence-corrected chi connectivity index (χ2v) is 6.23. The first-order valence-electron chi connectivity index (χ1n) is 7.38. The van der Waals surface area contributed by atoms with Gasteiger partial charge in [-0.05, 0) is 24.0 Å². The van der Waals surface area contributed by atoms with E-state index in [1.165, 1.54) is 0 Å². The molecule has 1 aromatic carbocycles. The third kappa shape index (κ3) is 2.63. The van der Waals surface area contributed by atoms with Gasteiger partial charge in [-0.1, -0.05) is 36.9 Å². The van der Waals surface area contributed by atoms with Crippen LogP contribution in [0.3, 0.4) is 0 Å². The van der Waals surface area contributed by atoms with Gasteiger partial charge in [-0.25, -0.2) is 0 Å². The van der Waals surface area contributed by atoms with Gasteiger partial charge < -0.3 is 15.0 Å². The lowest BCUT2D eigenvalue weighted by Crippen LogP contribution is -2.17. The fraction of sp³-hybridized carbons (Fsp3) is 0.188. The smallest absolute Gasteiger partial charge is 0.247 e. The zero-order valence-electron chi connectivity index (χ0n) is 12.5. The average molecular weight is 325 g/mol. The molecule has 4 rings (SSSR count). The van der Waals surface area contributed by atoms with E-state index in [0.717, 1.165) is 22.7 Å². The number of H-pyrrole nitrogens is 1. The molecule has 0 aliphatic carbocycles. The molecule has 0 unspecified atom stereocenters. The van der Waals surface area contributed by atoms with Crippen LogP contribution in [0, 0.1) is 0 Å². The highest BCUT2D eigenvalue weighted by atomic mass is 32.2. The molecule has 7 heteroatoms. The van der Waals surface area contributed by atoms with Crippen LogP contribution in [0.25, 0.3) is 11.3 Å². The normalized spacial score (nSPS) is 15.8. The first-order chi connectivity index (χ1) is 11.3. The molecule has 1 aliphatic heterocycles. The number of benzene rings is 1. The number of thioether (sulfide) groups is 1. The minimum absolute atomic E-state index is 0.358. The summed E-state index contributed by atoms with van der Waals surface area (Å²) in [4.78, 5) is 7.71. The van der Waals surface area contributed by atoms with Crippen LogP contribution >= 0.6 is 11.8 Å². The number of hydrogen-bond acceptors (Lipinski definition) is 6. The van der Waals surface area contributed by atoms with Gasteiger partial charge in [0.2, 0.25) is 17.3 Å². The number of aromatic amines is 1. The number of rotatable bonds is 3. The van der Waals surface area contributed by atoms with Crippen molar-refractivity contribution in [2.24, 2.45) is 0 Å². The van der Waals surface area contributed by atoms with E-state index in [-0.39, 0.29) is 6.23 Å². The van der Waals surface area contributed by atoms with Crippen molar-refractivity contribution in [2.75, 3.05) is 11.1 Å². The van der Waals surface area contributed by atoms with E-state index in [4.69, 9.17) is 4.74 Å². The molecule has 2 N–H and O–H groups in total. The molecule has 116 valence electrons. The summed E-state index contributed by atoms with van der Waals surface area (Å²) < 4.78 is 6.10. The number of ether oxygens (including phenoxy) is 1. The van der Waals surface area contributed by atoms with Gasteiger partial charge in [0.1, 0.15) is 0 Å². The molecule has 0 saturated heterocycles. The fourth-order valence-electron chi connectivity index (χ4n) is 2.49. The Bertz CT molecular complexity index is 821. The monoisotopic (exact) mass is 325 g/mol. The van der Waals surface area contributed by atoms with Crippen molar-refractivity contribution in [1.82, 2.24) is 20.2 Å². The molecule has 0 fully saturated rings. The molecule has 0 saturated carbocycles. The van der Waals surface area contributed by atoms with Gasteiger partial charge >= 0.3 is 0 Å². The third-order valence-corrected chi connectivity index (χ3v) is 4.23. The Morgan fingerprint density at radius 2 is 2.09 bits per heavy atom. The number of aromatic nitrogens is 4. The molecule has 0 amide bonds. The van der Waals surface area contributed by atoms with Gasteiger partial charge in [-0.15, -0.1) is 10.2 Å². The highest BCUT2D eigenvalue weighted by Gasteiger charge is 2.26. The number of para-hydroxylation sites is 1. The Labute approximate surface area is 137 Å². The summed E-state index contributed by atoms with van der Waals surface area (Å²) in [5.41, 5.74) is 3.46. The van der Waals surface area contributed by atoms with Gasteiger partial charge in [0.25, 0.3) is 0 Å². The summed E-state index contributed by atoms with van der Waals surface area (Å²) in [7, 11) is 0. The van der Waals surface area contributed by atoms with Gasteiger partial charge in [0, 0.05) is 17.4 Å². The first kappa shape index (κ1) is 14.1. The molecule has 2 aromatic heterocycles. The molecule has 23 heavy (non-hydrogen) atoms. The maximum absolute atomic E-state index is 6.10. The van der Waals surface area contributed by atoms with Crippen LogP contribution in [-0.2, 0) is 0 Å². The molecule has 0 bridgehead atoms. The van der Waals surface area contributed by atoms with Crippen molar-refractivity contribution >= 4 is 17.4 Å². The second-order valence-electron chi connectivity index (χ2n) is 4.99. The first-order valence-corrected chi connectivity index (χ1v) is 8.37. The Kier molecular flexibility index (Phi) is 3.63. The summed E-state index contributed by atoms with van der Waals surface area (Å²) in [5.74, 6) is 1.38. The van der Waals surface area contributed by atoms with Gasteiger partial charge in [0.15, 0.2) is 5.69 Å². The number of nitrogens with zero attached hydrogens (tertiary/aromatic N) is 3. The molecular weight excluding hydrogens is 310 g/mol.